The van der Waals surface area contributed by atoms with Crippen LogP contribution >= 0.6 is 24.8 Å². The van der Waals surface area contributed by atoms with Crippen LogP contribution in [0.2, 0.25) is 0 Å². The molecule has 1 aromatic heterocycles. The maximum Gasteiger partial charge on any atom is 0.239 e. The highest BCUT2D eigenvalue weighted by atomic mass is 35.5. The van der Waals surface area contributed by atoms with Crippen LogP contribution in [0.4, 0.5) is 0 Å². The maximum absolute atomic E-state index is 13.2. The lowest BCUT2D eigenvalue weighted by Gasteiger charge is -2.52. The van der Waals surface area contributed by atoms with Crippen LogP contribution in [0.25, 0.3) is 0 Å². The Hall–Kier alpha value is -1.31. The number of hydrogen-bond donors (Lipinski definition) is 2. The van der Waals surface area contributed by atoms with Crippen molar-refractivity contribution in [2.24, 2.45) is 5.92 Å². The quantitative estimate of drug-likeness (QED) is 0.732. The fourth-order valence-corrected chi connectivity index (χ4v) is 5.39. The molecule has 1 spiro atoms. The molecule has 0 bridgehead atoms. The molecule has 1 aliphatic carbocycles. The molecule has 2 N–H and O–H groups in total. The second kappa shape index (κ2) is 8.82. The summed E-state index contributed by atoms with van der Waals surface area (Å²) in [7, 11) is 0. The van der Waals surface area contributed by atoms with E-state index in [4.69, 9.17) is 0 Å². The number of amides is 2. The minimum atomic E-state index is -0.333. The molecule has 1 atom stereocenters. The van der Waals surface area contributed by atoms with Gasteiger partial charge >= 0.3 is 0 Å². The zero-order valence-electron chi connectivity index (χ0n) is 16.7. The highest BCUT2D eigenvalue weighted by molar-refractivity contribution is 5.85. The van der Waals surface area contributed by atoms with Gasteiger partial charge in [-0.3, -0.25) is 9.59 Å². The fraction of sp³-hybridized carbons (Fsp3) is 0.750. The van der Waals surface area contributed by atoms with Crippen LogP contribution in [0.3, 0.4) is 0 Å². The Morgan fingerprint density at radius 1 is 1.03 bits per heavy atom. The minimum Gasteiger partial charge on any atom is -0.348 e. The number of aromatic nitrogens is 2. The van der Waals surface area contributed by atoms with Gasteiger partial charge in [-0.05, 0) is 45.1 Å². The Kier molecular flexibility index (Phi) is 6.81. The first kappa shape index (κ1) is 22.4. The number of rotatable bonds is 2. The van der Waals surface area contributed by atoms with Gasteiger partial charge in [-0.1, -0.05) is 6.42 Å². The molecule has 9 heteroatoms. The van der Waals surface area contributed by atoms with E-state index in [0.717, 1.165) is 63.7 Å². The lowest BCUT2D eigenvalue weighted by Crippen LogP contribution is -2.61. The third kappa shape index (κ3) is 3.66. The molecule has 3 aliphatic heterocycles. The van der Waals surface area contributed by atoms with Gasteiger partial charge in [-0.25, -0.2) is 4.98 Å². The van der Waals surface area contributed by atoms with Gasteiger partial charge in [0.15, 0.2) is 0 Å². The zero-order valence-corrected chi connectivity index (χ0v) is 18.3. The molecule has 4 heterocycles. The van der Waals surface area contributed by atoms with E-state index in [1.54, 1.807) is 6.33 Å². The number of imidazole rings is 1. The van der Waals surface area contributed by atoms with Crippen molar-refractivity contribution in [2.75, 3.05) is 26.2 Å². The zero-order chi connectivity index (χ0) is 18.4. The first-order valence-electron chi connectivity index (χ1n) is 10.6. The standard InChI is InChI=1S/C20H29N5O2.2ClH/c26-18(14-3-1-4-14)25-10-6-15-17(23-13-22-15)20(25)7-11-24(12-8-20)19(27)16-5-2-9-21-16;;/h13-14,16,21H,1-12H2,(H,22,23);2*1H/t16-;;/m0../s1. The fourth-order valence-electron chi connectivity index (χ4n) is 5.39. The van der Waals surface area contributed by atoms with E-state index in [1.165, 1.54) is 12.1 Å². The van der Waals surface area contributed by atoms with Gasteiger partial charge in [0.05, 0.1) is 23.6 Å². The first-order valence-corrected chi connectivity index (χ1v) is 10.6. The number of aromatic amines is 1. The van der Waals surface area contributed by atoms with Crippen LogP contribution in [0, 0.1) is 5.92 Å². The lowest BCUT2D eigenvalue weighted by atomic mass is 9.76. The van der Waals surface area contributed by atoms with Crippen molar-refractivity contribution < 1.29 is 9.59 Å². The summed E-state index contributed by atoms with van der Waals surface area (Å²) in [5.74, 6) is 0.745. The summed E-state index contributed by atoms with van der Waals surface area (Å²) in [6.45, 7) is 3.12. The van der Waals surface area contributed by atoms with Crippen LogP contribution in [-0.4, -0.2) is 63.8 Å². The Labute approximate surface area is 184 Å². The van der Waals surface area contributed by atoms with Crippen molar-refractivity contribution >= 4 is 36.6 Å². The molecule has 0 aromatic carbocycles. The number of hydrogen-bond acceptors (Lipinski definition) is 4. The molecule has 5 rings (SSSR count). The number of piperidine rings is 1. The number of nitrogens with zero attached hydrogens (tertiary/aromatic N) is 3. The molecule has 2 amide bonds. The largest absolute Gasteiger partial charge is 0.348 e. The Morgan fingerprint density at radius 3 is 2.41 bits per heavy atom. The number of fused-ring (bicyclic) bond motifs is 2. The normalized spacial score (nSPS) is 25.6. The molecule has 0 radical (unpaired) electrons. The Morgan fingerprint density at radius 2 is 1.79 bits per heavy atom. The van der Waals surface area contributed by atoms with Crippen LogP contribution in [-0.2, 0) is 21.5 Å². The van der Waals surface area contributed by atoms with Crippen LogP contribution < -0.4 is 5.32 Å². The first-order chi connectivity index (χ1) is 13.2. The summed E-state index contributed by atoms with van der Waals surface area (Å²) < 4.78 is 0. The average molecular weight is 444 g/mol. The number of H-pyrrole nitrogens is 1. The summed E-state index contributed by atoms with van der Waals surface area (Å²) in [5.41, 5.74) is 1.89. The number of carbonyl (C=O) groups is 2. The summed E-state index contributed by atoms with van der Waals surface area (Å²) in [4.78, 5) is 38.1. The summed E-state index contributed by atoms with van der Waals surface area (Å²) in [5, 5.41) is 3.32. The van der Waals surface area contributed by atoms with Gasteiger partial charge in [-0.15, -0.1) is 24.8 Å². The molecule has 0 unspecified atom stereocenters. The van der Waals surface area contributed by atoms with Gasteiger partial charge in [-0.2, -0.15) is 0 Å². The molecule has 2 saturated heterocycles. The molecule has 3 fully saturated rings. The average Bonchev–Trinajstić information content (AvgIpc) is 3.33. The highest BCUT2D eigenvalue weighted by Gasteiger charge is 2.50. The van der Waals surface area contributed by atoms with Gasteiger partial charge in [0.2, 0.25) is 11.8 Å². The molecule has 1 saturated carbocycles. The molecule has 162 valence electrons. The predicted molar refractivity (Wildman–Crippen MR) is 114 cm³/mol. The summed E-state index contributed by atoms with van der Waals surface area (Å²) >= 11 is 0. The van der Waals surface area contributed by atoms with Gasteiger partial charge in [0.1, 0.15) is 0 Å². The molecular formula is C20H31Cl2N5O2. The van der Waals surface area contributed by atoms with Gasteiger partial charge in [0, 0.05) is 37.7 Å². The third-order valence-electron chi connectivity index (χ3n) is 7.24. The van der Waals surface area contributed by atoms with E-state index in [1.807, 2.05) is 4.90 Å². The number of likely N-dealkylation sites (tertiary alicyclic amines) is 1. The second-order valence-corrected chi connectivity index (χ2v) is 8.60. The highest BCUT2D eigenvalue weighted by Crippen LogP contribution is 2.44. The van der Waals surface area contributed by atoms with E-state index >= 15 is 0 Å². The van der Waals surface area contributed by atoms with Crippen molar-refractivity contribution in [1.29, 1.82) is 0 Å². The molecule has 29 heavy (non-hydrogen) atoms. The third-order valence-corrected chi connectivity index (χ3v) is 7.24. The molecule has 7 nitrogen and oxygen atoms in total. The SMILES string of the molecule is Cl.Cl.O=C([C@@H]1CCCN1)N1CCC2(CC1)c1nc[nH]c1CCN2C(=O)C1CCC1. The van der Waals surface area contributed by atoms with Crippen LogP contribution in [0.5, 0.6) is 0 Å². The number of nitrogens with one attached hydrogen (secondary N) is 2. The van der Waals surface area contributed by atoms with Crippen molar-refractivity contribution in [1.82, 2.24) is 25.1 Å². The van der Waals surface area contributed by atoms with E-state index < -0.39 is 0 Å². The van der Waals surface area contributed by atoms with E-state index in [9.17, 15) is 9.59 Å². The van der Waals surface area contributed by atoms with Crippen LogP contribution in [0.1, 0.15) is 56.3 Å². The van der Waals surface area contributed by atoms with E-state index in [2.05, 4.69) is 20.2 Å². The van der Waals surface area contributed by atoms with Crippen molar-refractivity contribution in [3.8, 4) is 0 Å². The number of carbonyl (C=O) groups excluding carboxylic acids is 2. The van der Waals surface area contributed by atoms with Gasteiger partial charge < -0.3 is 20.1 Å². The Bertz CT molecular complexity index is 737. The molecule has 4 aliphatic rings. The second-order valence-electron chi connectivity index (χ2n) is 8.60. The Balaban J connectivity index is 0.00000120. The smallest absolute Gasteiger partial charge is 0.239 e. The molecule has 1 aromatic rings. The maximum atomic E-state index is 13.2. The minimum absolute atomic E-state index is 0. The topological polar surface area (TPSA) is 81.3 Å². The van der Waals surface area contributed by atoms with Crippen molar-refractivity contribution in [3.63, 3.8) is 0 Å². The lowest BCUT2D eigenvalue weighted by molar-refractivity contribution is -0.151. The predicted octanol–water partition coefficient (Wildman–Crippen LogP) is 2.01. The number of halogens is 2. The molecular weight excluding hydrogens is 413 g/mol. The van der Waals surface area contributed by atoms with Crippen molar-refractivity contribution in [3.05, 3.63) is 17.7 Å². The van der Waals surface area contributed by atoms with Crippen LogP contribution in [0.15, 0.2) is 6.33 Å². The summed E-state index contributed by atoms with van der Waals surface area (Å²) in [6.07, 6.45) is 9.44. The van der Waals surface area contributed by atoms with E-state index in [-0.39, 0.29) is 48.2 Å². The van der Waals surface area contributed by atoms with Gasteiger partial charge in [0.25, 0.3) is 0 Å². The summed E-state index contributed by atoms with van der Waals surface area (Å²) in [6, 6.07) is -0.0148. The monoisotopic (exact) mass is 443 g/mol. The van der Waals surface area contributed by atoms with Crippen molar-refractivity contribution in [2.45, 2.75) is 62.9 Å². The van der Waals surface area contributed by atoms with E-state index in [0.29, 0.717) is 19.0 Å².